The molecule has 228 valence electrons. The van der Waals surface area contributed by atoms with Crippen LogP contribution in [0.4, 0.5) is 4.39 Å². The molecule has 1 spiro atoms. The van der Waals surface area contributed by atoms with Gasteiger partial charge in [0.15, 0.2) is 0 Å². The van der Waals surface area contributed by atoms with Gasteiger partial charge in [-0.1, -0.05) is 70.1 Å². The first-order chi connectivity index (χ1) is 20.0. The molecule has 42 heavy (non-hydrogen) atoms. The molecule has 1 N–H and O–H groups in total. The summed E-state index contributed by atoms with van der Waals surface area (Å²) >= 11 is 0. The van der Waals surface area contributed by atoms with Crippen LogP contribution in [0.3, 0.4) is 0 Å². The van der Waals surface area contributed by atoms with Gasteiger partial charge in [-0.3, -0.25) is 14.4 Å². The molecule has 2 aromatic rings. The number of amides is 2. The number of benzene rings is 1. The molecule has 1 aromatic heterocycles. The quantitative estimate of drug-likeness (QED) is 0.471. The predicted octanol–water partition coefficient (Wildman–Crippen LogP) is 5.49. The van der Waals surface area contributed by atoms with Crippen molar-refractivity contribution in [2.24, 2.45) is 17.3 Å². The molecule has 1 unspecified atom stereocenters. The molecule has 8 heteroatoms. The summed E-state index contributed by atoms with van der Waals surface area (Å²) in [6.45, 7) is 3.01. The van der Waals surface area contributed by atoms with E-state index < -0.39 is 22.4 Å². The Morgan fingerprint density at radius 3 is 2.40 bits per heavy atom. The van der Waals surface area contributed by atoms with Crippen LogP contribution in [0.2, 0.25) is 0 Å². The van der Waals surface area contributed by atoms with Crippen LogP contribution < -0.4 is 5.56 Å². The van der Waals surface area contributed by atoms with Crippen molar-refractivity contribution in [3.63, 3.8) is 0 Å². The number of hydrogen-bond donors (Lipinski definition) is 1. The van der Waals surface area contributed by atoms with Crippen molar-refractivity contribution in [3.05, 3.63) is 58.3 Å². The second-order valence-electron chi connectivity index (χ2n) is 13.4. The fourth-order valence-corrected chi connectivity index (χ4v) is 7.91. The van der Waals surface area contributed by atoms with Crippen molar-refractivity contribution >= 4 is 11.8 Å². The van der Waals surface area contributed by atoms with Gasteiger partial charge in [0.2, 0.25) is 5.91 Å². The maximum absolute atomic E-state index is 14.8. The number of halogens is 1. The maximum Gasteiger partial charge on any atom is 0.255 e. The number of likely N-dealkylation sites (tertiary alicyclic amines) is 1. The van der Waals surface area contributed by atoms with E-state index in [4.69, 9.17) is 0 Å². The number of aliphatic hydroxyl groups is 1. The standard InChI is InChI=1S/C34H46FN3O4/c1-24(19-25-11-5-4-6-12-25)31(40)37-18-17-34(42,33(22-37)15-9-10-16-33)23-38-21-28(32(41)36(2)3)27(20-30(38)39)26-13-7-8-14-29(26)35/h7-8,13-14,20-21,24-25,42H,4-6,9-12,15-19,22-23H2,1-3H3/t24?,34-/m1/s1. The Morgan fingerprint density at radius 2 is 1.74 bits per heavy atom. The lowest BCUT2D eigenvalue weighted by atomic mass is 9.65. The summed E-state index contributed by atoms with van der Waals surface area (Å²) in [5.41, 5.74) is -1.49. The molecular formula is C34H46FN3O4. The highest BCUT2D eigenvalue weighted by molar-refractivity contribution is 6.00. The minimum absolute atomic E-state index is 0.0246. The Labute approximate surface area is 248 Å². The third-order valence-electron chi connectivity index (χ3n) is 10.3. The van der Waals surface area contributed by atoms with E-state index in [1.54, 1.807) is 32.3 Å². The fourth-order valence-electron chi connectivity index (χ4n) is 7.91. The van der Waals surface area contributed by atoms with Gasteiger partial charge in [-0.05, 0) is 37.7 Å². The summed E-state index contributed by atoms with van der Waals surface area (Å²) in [5, 5.41) is 12.3. The first-order valence-electron chi connectivity index (χ1n) is 15.8. The second kappa shape index (κ2) is 12.3. The van der Waals surface area contributed by atoms with Gasteiger partial charge in [-0.15, -0.1) is 0 Å². The number of piperidine rings is 1. The lowest BCUT2D eigenvalue weighted by molar-refractivity contribution is -0.163. The number of carbonyl (C=O) groups excluding carboxylic acids is 2. The third kappa shape index (κ3) is 5.92. The predicted molar refractivity (Wildman–Crippen MR) is 162 cm³/mol. The normalized spacial score (nSPS) is 23.2. The molecule has 2 heterocycles. The first-order valence-corrected chi connectivity index (χ1v) is 15.8. The van der Waals surface area contributed by atoms with Crippen LogP contribution in [-0.2, 0) is 11.3 Å². The molecule has 1 aromatic carbocycles. The molecule has 7 nitrogen and oxygen atoms in total. The fraction of sp³-hybridized carbons (Fsp3) is 0.618. The minimum atomic E-state index is -1.21. The first kappa shape index (κ1) is 30.5. The van der Waals surface area contributed by atoms with Crippen LogP contribution >= 0.6 is 0 Å². The Morgan fingerprint density at radius 1 is 1.05 bits per heavy atom. The molecule has 2 atom stereocenters. The number of carbonyl (C=O) groups is 2. The zero-order valence-corrected chi connectivity index (χ0v) is 25.4. The number of hydrogen-bond acceptors (Lipinski definition) is 4. The zero-order chi connectivity index (χ0) is 30.1. The summed E-state index contributed by atoms with van der Waals surface area (Å²) in [4.78, 5) is 43.7. The number of nitrogens with zero attached hydrogens (tertiary/aromatic N) is 3. The van der Waals surface area contributed by atoms with E-state index in [2.05, 4.69) is 6.92 Å². The Kier molecular flexibility index (Phi) is 8.93. The molecule has 0 radical (unpaired) electrons. The van der Waals surface area contributed by atoms with Crippen LogP contribution in [0.15, 0.2) is 41.3 Å². The van der Waals surface area contributed by atoms with Gasteiger partial charge in [-0.2, -0.15) is 0 Å². The van der Waals surface area contributed by atoms with E-state index >= 15 is 0 Å². The molecule has 3 aliphatic rings. The van der Waals surface area contributed by atoms with Crippen LogP contribution in [0.1, 0.15) is 87.9 Å². The number of pyridine rings is 1. The summed E-state index contributed by atoms with van der Waals surface area (Å²) in [6.07, 6.45) is 12.5. The van der Waals surface area contributed by atoms with E-state index in [9.17, 15) is 23.9 Å². The van der Waals surface area contributed by atoms with Gasteiger partial charge >= 0.3 is 0 Å². The highest BCUT2D eigenvalue weighted by atomic mass is 19.1. The lowest BCUT2D eigenvalue weighted by Crippen LogP contribution is -2.62. The summed E-state index contributed by atoms with van der Waals surface area (Å²) in [6, 6.07) is 7.42. The lowest BCUT2D eigenvalue weighted by Gasteiger charge is -2.53. The Balaban J connectivity index is 1.42. The van der Waals surface area contributed by atoms with E-state index in [1.165, 1.54) is 59.9 Å². The highest BCUT2D eigenvalue weighted by Gasteiger charge is 2.55. The van der Waals surface area contributed by atoms with Crippen LogP contribution in [0.5, 0.6) is 0 Å². The van der Waals surface area contributed by atoms with Crippen molar-refractivity contribution in [1.29, 1.82) is 0 Å². The van der Waals surface area contributed by atoms with Gasteiger partial charge < -0.3 is 19.5 Å². The van der Waals surface area contributed by atoms with Crippen molar-refractivity contribution in [1.82, 2.24) is 14.4 Å². The van der Waals surface area contributed by atoms with Gasteiger partial charge in [0.05, 0.1) is 17.7 Å². The molecule has 1 aliphatic heterocycles. The Bertz CT molecular complexity index is 1360. The van der Waals surface area contributed by atoms with Crippen LogP contribution in [-0.4, -0.2) is 64.1 Å². The van der Waals surface area contributed by atoms with Gasteiger partial charge in [0.1, 0.15) is 5.82 Å². The minimum Gasteiger partial charge on any atom is -0.387 e. The summed E-state index contributed by atoms with van der Waals surface area (Å²) in [5.74, 6) is -0.0964. The zero-order valence-electron chi connectivity index (χ0n) is 25.4. The third-order valence-corrected chi connectivity index (χ3v) is 10.3. The highest BCUT2D eigenvalue weighted by Crippen LogP contribution is 2.52. The van der Waals surface area contributed by atoms with Gasteiger partial charge in [0.25, 0.3) is 11.5 Å². The van der Waals surface area contributed by atoms with Crippen LogP contribution in [0.25, 0.3) is 11.1 Å². The van der Waals surface area contributed by atoms with Crippen molar-refractivity contribution in [2.75, 3.05) is 27.2 Å². The molecule has 2 aliphatic carbocycles. The van der Waals surface area contributed by atoms with E-state index in [0.717, 1.165) is 32.1 Å². The monoisotopic (exact) mass is 579 g/mol. The van der Waals surface area contributed by atoms with Gasteiger partial charge in [-0.25, -0.2) is 4.39 Å². The van der Waals surface area contributed by atoms with E-state index in [0.29, 0.717) is 25.4 Å². The smallest absolute Gasteiger partial charge is 0.255 e. The number of rotatable bonds is 7. The number of aromatic nitrogens is 1. The van der Waals surface area contributed by atoms with Crippen molar-refractivity contribution in [2.45, 2.75) is 89.7 Å². The topological polar surface area (TPSA) is 82.8 Å². The molecule has 1 saturated heterocycles. The largest absolute Gasteiger partial charge is 0.387 e. The summed E-state index contributed by atoms with van der Waals surface area (Å²) in [7, 11) is 3.23. The van der Waals surface area contributed by atoms with Gasteiger partial charge in [0, 0.05) is 61.9 Å². The maximum atomic E-state index is 14.8. The molecule has 5 rings (SSSR count). The average molecular weight is 580 g/mol. The van der Waals surface area contributed by atoms with E-state index in [-0.39, 0.29) is 41.0 Å². The molecular weight excluding hydrogens is 533 g/mol. The molecule has 0 bridgehead atoms. The SMILES string of the molecule is CC(CC1CCCCC1)C(=O)N1CC[C@@](O)(Cn2cc(C(=O)N(C)C)c(-c3ccccc3F)cc2=O)C2(CCCC2)C1. The molecule has 3 fully saturated rings. The molecule has 2 saturated carbocycles. The van der Waals surface area contributed by atoms with Crippen LogP contribution in [0, 0.1) is 23.1 Å². The Hall–Kier alpha value is -3.00. The van der Waals surface area contributed by atoms with Crippen molar-refractivity contribution < 1.29 is 19.1 Å². The second-order valence-corrected chi connectivity index (χ2v) is 13.4. The molecule has 2 amide bonds. The summed E-state index contributed by atoms with van der Waals surface area (Å²) < 4.78 is 16.2. The average Bonchev–Trinajstić information content (AvgIpc) is 3.45. The van der Waals surface area contributed by atoms with E-state index in [1.807, 2.05) is 4.90 Å². The van der Waals surface area contributed by atoms with Crippen molar-refractivity contribution in [3.8, 4) is 11.1 Å².